The second-order valence-corrected chi connectivity index (χ2v) is 7.20. The van der Waals surface area contributed by atoms with Gasteiger partial charge in [-0.05, 0) is 55.3 Å². The van der Waals surface area contributed by atoms with Gasteiger partial charge in [-0.1, -0.05) is 0 Å². The van der Waals surface area contributed by atoms with Crippen molar-refractivity contribution in [2.24, 2.45) is 4.99 Å². The van der Waals surface area contributed by atoms with E-state index in [4.69, 9.17) is 0 Å². The molecule has 9 heteroatoms. The SMILES string of the molecule is Cc1cn(-c2ccc(C(F)(F)F)cc2)c(=NC(=O)NCCc2ccncc2)s1. The molecule has 146 valence electrons. The van der Waals surface area contributed by atoms with Crippen LogP contribution < -0.4 is 10.1 Å². The molecule has 2 amide bonds. The number of hydrogen-bond acceptors (Lipinski definition) is 3. The number of carbonyl (C=O) groups excluding carboxylic acids is 1. The predicted molar refractivity (Wildman–Crippen MR) is 100 cm³/mol. The van der Waals surface area contributed by atoms with Crippen LogP contribution in [0.25, 0.3) is 5.69 Å². The van der Waals surface area contributed by atoms with Crippen LogP contribution in [-0.4, -0.2) is 22.1 Å². The van der Waals surface area contributed by atoms with Crippen molar-refractivity contribution in [3.05, 3.63) is 75.8 Å². The summed E-state index contributed by atoms with van der Waals surface area (Å²) in [5, 5.41) is 2.72. The van der Waals surface area contributed by atoms with E-state index < -0.39 is 17.8 Å². The zero-order chi connectivity index (χ0) is 20.1. The molecule has 1 aromatic carbocycles. The van der Waals surface area contributed by atoms with E-state index in [1.807, 2.05) is 19.1 Å². The monoisotopic (exact) mass is 406 g/mol. The molecule has 0 radical (unpaired) electrons. The van der Waals surface area contributed by atoms with Crippen molar-refractivity contribution < 1.29 is 18.0 Å². The van der Waals surface area contributed by atoms with Gasteiger partial charge < -0.3 is 5.32 Å². The van der Waals surface area contributed by atoms with Gasteiger partial charge in [-0.15, -0.1) is 11.3 Å². The van der Waals surface area contributed by atoms with E-state index in [0.29, 0.717) is 23.5 Å². The van der Waals surface area contributed by atoms with Crippen LogP contribution >= 0.6 is 11.3 Å². The van der Waals surface area contributed by atoms with Gasteiger partial charge in [0, 0.05) is 35.7 Å². The Bertz CT molecular complexity index is 1010. The van der Waals surface area contributed by atoms with Crippen LogP contribution in [0.4, 0.5) is 18.0 Å². The molecule has 3 aromatic rings. The highest BCUT2D eigenvalue weighted by Crippen LogP contribution is 2.29. The molecule has 0 saturated carbocycles. The fraction of sp³-hybridized carbons (Fsp3) is 0.211. The van der Waals surface area contributed by atoms with Gasteiger partial charge in [-0.25, -0.2) is 4.79 Å². The molecule has 1 N–H and O–H groups in total. The number of hydrogen-bond donors (Lipinski definition) is 1. The highest BCUT2D eigenvalue weighted by Gasteiger charge is 2.30. The Balaban J connectivity index is 1.74. The molecule has 0 fully saturated rings. The Labute approximate surface area is 163 Å². The number of alkyl halides is 3. The van der Waals surface area contributed by atoms with Gasteiger partial charge in [0.15, 0.2) is 4.80 Å². The Kier molecular flexibility index (Phi) is 5.93. The summed E-state index contributed by atoms with van der Waals surface area (Å²) in [6.45, 7) is 2.25. The molecule has 0 aliphatic carbocycles. The quantitative estimate of drug-likeness (QED) is 0.709. The molecule has 28 heavy (non-hydrogen) atoms. The average molecular weight is 406 g/mol. The number of benzene rings is 1. The highest BCUT2D eigenvalue weighted by molar-refractivity contribution is 7.09. The van der Waals surface area contributed by atoms with Gasteiger partial charge in [0.05, 0.1) is 5.56 Å². The summed E-state index contributed by atoms with van der Waals surface area (Å²) in [7, 11) is 0. The fourth-order valence-electron chi connectivity index (χ4n) is 2.52. The minimum Gasteiger partial charge on any atom is -0.336 e. The summed E-state index contributed by atoms with van der Waals surface area (Å²) in [5.74, 6) is 0. The molecule has 0 unspecified atom stereocenters. The number of urea groups is 1. The third kappa shape index (κ3) is 5.07. The minimum absolute atomic E-state index is 0.388. The third-order valence-corrected chi connectivity index (χ3v) is 4.78. The van der Waals surface area contributed by atoms with Gasteiger partial charge in [0.25, 0.3) is 0 Å². The lowest BCUT2D eigenvalue weighted by Gasteiger charge is -2.08. The molecule has 2 aromatic heterocycles. The fourth-order valence-corrected chi connectivity index (χ4v) is 3.35. The van der Waals surface area contributed by atoms with Gasteiger partial charge in [0.2, 0.25) is 0 Å². The third-order valence-electron chi connectivity index (χ3n) is 3.88. The smallest absolute Gasteiger partial charge is 0.336 e. The van der Waals surface area contributed by atoms with E-state index in [9.17, 15) is 18.0 Å². The van der Waals surface area contributed by atoms with Crippen molar-refractivity contribution in [3.63, 3.8) is 0 Å². The summed E-state index contributed by atoms with van der Waals surface area (Å²) < 4.78 is 39.8. The molecular formula is C19H17F3N4OS. The summed E-state index contributed by atoms with van der Waals surface area (Å²) >= 11 is 1.28. The van der Waals surface area contributed by atoms with E-state index in [1.165, 1.54) is 23.5 Å². The maximum Gasteiger partial charge on any atom is 0.416 e. The standard InChI is InChI=1S/C19H17F3N4OS/c1-13-12-26(16-4-2-15(3-5-16)19(20,21)22)18(28-13)25-17(27)24-11-8-14-6-9-23-10-7-14/h2-7,9-10,12H,8,11H2,1H3,(H,24,27). The molecule has 0 aliphatic rings. The van der Waals surface area contributed by atoms with Gasteiger partial charge >= 0.3 is 12.2 Å². The lowest BCUT2D eigenvalue weighted by atomic mass is 10.2. The Morgan fingerprint density at radius 2 is 1.86 bits per heavy atom. The number of halogens is 3. The van der Waals surface area contributed by atoms with Crippen LogP contribution in [0.3, 0.4) is 0 Å². The van der Waals surface area contributed by atoms with E-state index in [2.05, 4.69) is 15.3 Å². The maximum atomic E-state index is 12.7. The van der Waals surface area contributed by atoms with E-state index in [0.717, 1.165) is 22.6 Å². The first-order chi connectivity index (χ1) is 13.3. The van der Waals surface area contributed by atoms with Crippen molar-refractivity contribution in [2.75, 3.05) is 6.54 Å². The van der Waals surface area contributed by atoms with Gasteiger partial charge in [-0.3, -0.25) is 9.55 Å². The maximum absolute atomic E-state index is 12.7. The number of carbonyl (C=O) groups is 1. The molecule has 0 atom stereocenters. The molecule has 3 rings (SSSR count). The lowest BCUT2D eigenvalue weighted by molar-refractivity contribution is -0.137. The largest absolute Gasteiger partial charge is 0.416 e. The van der Waals surface area contributed by atoms with Crippen LogP contribution in [0, 0.1) is 6.92 Å². The molecular weight excluding hydrogens is 389 g/mol. The number of pyridine rings is 1. The number of rotatable bonds is 4. The van der Waals surface area contributed by atoms with Crippen LogP contribution in [0.1, 0.15) is 16.0 Å². The predicted octanol–water partition coefficient (Wildman–Crippen LogP) is 4.11. The molecule has 0 bridgehead atoms. The molecule has 0 spiro atoms. The number of aryl methyl sites for hydroxylation is 1. The second kappa shape index (κ2) is 8.39. The summed E-state index contributed by atoms with van der Waals surface area (Å²) in [6.07, 6.45) is 1.35. The zero-order valence-electron chi connectivity index (χ0n) is 14.9. The number of amides is 2. The second-order valence-electron chi connectivity index (χ2n) is 5.99. The molecule has 0 saturated heterocycles. The van der Waals surface area contributed by atoms with Crippen LogP contribution in [0.2, 0.25) is 0 Å². The number of thiazole rings is 1. The van der Waals surface area contributed by atoms with Crippen molar-refractivity contribution >= 4 is 17.4 Å². The summed E-state index contributed by atoms with van der Waals surface area (Å²) in [5.41, 5.74) is 0.818. The van der Waals surface area contributed by atoms with Crippen molar-refractivity contribution in [1.82, 2.24) is 14.9 Å². The van der Waals surface area contributed by atoms with Crippen LogP contribution in [0.5, 0.6) is 0 Å². The van der Waals surface area contributed by atoms with Crippen LogP contribution in [-0.2, 0) is 12.6 Å². The molecule has 5 nitrogen and oxygen atoms in total. The Hall–Kier alpha value is -2.94. The average Bonchev–Trinajstić information content (AvgIpc) is 3.02. The zero-order valence-corrected chi connectivity index (χ0v) is 15.7. The van der Waals surface area contributed by atoms with E-state index in [-0.39, 0.29) is 0 Å². The summed E-state index contributed by atoms with van der Waals surface area (Å²) in [4.78, 5) is 21.4. The first kappa shape index (κ1) is 19.8. The van der Waals surface area contributed by atoms with Gasteiger partial charge in [0.1, 0.15) is 0 Å². The normalized spacial score (nSPS) is 12.2. The van der Waals surface area contributed by atoms with E-state index in [1.54, 1.807) is 23.2 Å². The number of nitrogens with one attached hydrogen (secondary N) is 1. The van der Waals surface area contributed by atoms with Crippen molar-refractivity contribution in [1.29, 1.82) is 0 Å². The molecule has 2 heterocycles. The number of nitrogens with zero attached hydrogens (tertiary/aromatic N) is 3. The first-order valence-corrected chi connectivity index (χ1v) is 9.23. The first-order valence-electron chi connectivity index (χ1n) is 8.41. The van der Waals surface area contributed by atoms with Gasteiger partial charge in [-0.2, -0.15) is 18.2 Å². The Morgan fingerprint density at radius 1 is 1.18 bits per heavy atom. The topological polar surface area (TPSA) is 59.3 Å². The van der Waals surface area contributed by atoms with Crippen LogP contribution in [0.15, 0.2) is 60.0 Å². The summed E-state index contributed by atoms with van der Waals surface area (Å²) in [6, 6.07) is 7.96. The lowest BCUT2D eigenvalue weighted by Crippen LogP contribution is -2.25. The van der Waals surface area contributed by atoms with Crippen molar-refractivity contribution in [3.8, 4) is 5.69 Å². The number of aromatic nitrogens is 2. The van der Waals surface area contributed by atoms with E-state index >= 15 is 0 Å². The minimum atomic E-state index is -4.39. The van der Waals surface area contributed by atoms with Crippen molar-refractivity contribution in [2.45, 2.75) is 19.5 Å². The molecule has 0 aliphatic heterocycles. The highest BCUT2D eigenvalue weighted by atomic mass is 32.1. The Morgan fingerprint density at radius 3 is 2.50 bits per heavy atom.